The predicted molar refractivity (Wildman–Crippen MR) is 79.3 cm³/mol. The number of benzene rings is 2. The van der Waals surface area contributed by atoms with Crippen molar-refractivity contribution in [2.45, 2.75) is 6.04 Å². The second-order valence-electron chi connectivity index (χ2n) is 3.79. The highest BCUT2D eigenvalue weighted by Crippen LogP contribution is 2.30. The molecule has 2 aromatic rings. The summed E-state index contributed by atoms with van der Waals surface area (Å²) in [6, 6.07) is 9.86. The molecule has 0 heterocycles. The fourth-order valence-corrected chi connectivity index (χ4v) is 2.46. The Kier molecular flexibility index (Phi) is 4.43. The fraction of sp³-hybridized carbons (Fsp3) is 0.0769. The van der Waals surface area contributed by atoms with Gasteiger partial charge in [-0.05, 0) is 55.6 Å². The summed E-state index contributed by atoms with van der Waals surface area (Å²) in [7, 11) is 0. The molecule has 5 heteroatoms. The molecule has 0 spiro atoms. The van der Waals surface area contributed by atoms with E-state index in [0.717, 1.165) is 10.0 Å². The highest BCUT2D eigenvalue weighted by molar-refractivity contribution is 9.10. The second-order valence-corrected chi connectivity index (χ2v) is 5.91. The molecular formula is C13H9Br2ClFN. The first-order valence-electron chi connectivity index (χ1n) is 5.15. The van der Waals surface area contributed by atoms with E-state index < -0.39 is 6.04 Å². The van der Waals surface area contributed by atoms with E-state index in [1.807, 2.05) is 6.07 Å². The molecule has 0 bridgehead atoms. The molecule has 2 rings (SSSR count). The SMILES string of the molecule is NC(c1ccc(Br)c(Cl)c1)c1cccc(Br)c1F. The van der Waals surface area contributed by atoms with Gasteiger partial charge in [0.05, 0.1) is 15.5 Å². The molecule has 1 atom stereocenters. The molecule has 0 saturated carbocycles. The van der Waals surface area contributed by atoms with Crippen molar-refractivity contribution < 1.29 is 4.39 Å². The quantitative estimate of drug-likeness (QED) is 0.759. The lowest BCUT2D eigenvalue weighted by molar-refractivity contribution is 0.593. The van der Waals surface area contributed by atoms with Crippen molar-refractivity contribution in [3.05, 3.63) is 67.3 Å². The molecular weight excluding hydrogens is 384 g/mol. The van der Waals surface area contributed by atoms with Gasteiger partial charge in [-0.1, -0.05) is 29.8 Å². The molecule has 0 aromatic heterocycles. The van der Waals surface area contributed by atoms with E-state index in [2.05, 4.69) is 31.9 Å². The number of hydrogen-bond donors (Lipinski definition) is 1. The summed E-state index contributed by atoms with van der Waals surface area (Å²) in [5.74, 6) is -0.343. The fourth-order valence-electron chi connectivity index (χ4n) is 1.65. The van der Waals surface area contributed by atoms with Gasteiger partial charge in [-0.15, -0.1) is 0 Å². The minimum absolute atomic E-state index is 0.343. The molecule has 2 aromatic carbocycles. The van der Waals surface area contributed by atoms with E-state index in [0.29, 0.717) is 15.1 Å². The zero-order chi connectivity index (χ0) is 13.3. The number of nitrogens with two attached hydrogens (primary N) is 1. The van der Waals surface area contributed by atoms with Crippen LogP contribution in [0.3, 0.4) is 0 Å². The second kappa shape index (κ2) is 5.70. The van der Waals surface area contributed by atoms with Crippen molar-refractivity contribution in [1.82, 2.24) is 0 Å². The number of halogens is 4. The van der Waals surface area contributed by atoms with Gasteiger partial charge in [0.25, 0.3) is 0 Å². The average Bonchev–Trinajstić information content (AvgIpc) is 2.35. The lowest BCUT2D eigenvalue weighted by atomic mass is 9.99. The van der Waals surface area contributed by atoms with E-state index in [9.17, 15) is 4.39 Å². The summed E-state index contributed by atoms with van der Waals surface area (Å²) in [6.45, 7) is 0. The third kappa shape index (κ3) is 2.77. The topological polar surface area (TPSA) is 26.0 Å². The highest BCUT2D eigenvalue weighted by Gasteiger charge is 2.16. The zero-order valence-corrected chi connectivity index (χ0v) is 13.1. The van der Waals surface area contributed by atoms with Gasteiger partial charge in [0, 0.05) is 10.0 Å². The standard InChI is InChI=1S/C13H9Br2ClFN/c14-9-5-4-7(6-11(9)16)13(18)8-2-1-3-10(15)12(8)17/h1-6,13H,18H2. The molecule has 0 aliphatic rings. The van der Waals surface area contributed by atoms with Crippen LogP contribution in [0.5, 0.6) is 0 Å². The van der Waals surface area contributed by atoms with Crippen LogP contribution in [0, 0.1) is 5.82 Å². The first-order valence-corrected chi connectivity index (χ1v) is 7.11. The van der Waals surface area contributed by atoms with Crippen LogP contribution in [-0.2, 0) is 0 Å². The van der Waals surface area contributed by atoms with E-state index in [1.54, 1.807) is 30.3 Å². The molecule has 94 valence electrons. The Morgan fingerprint density at radius 3 is 2.50 bits per heavy atom. The van der Waals surface area contributed by atoms with Gasteiger partial charge in [0.2, 0.25) is 0 Å². The molecule has 0 fully saturated rings. The maximum Gasteiger partial charge on any atom is 0.142 e. The Labute approximate surface area is 126 Å². The van der Waals surface area contributed by atoms with Gasteiger partial charge < -0.3 is 5.73 Å². The molecule has 0 amide bonds. The van der Waals surface area contributed by atoms with E-state index in [-0.39, 0.29) is 5.82 Å². The summed E-state index contributed by atoms with van der Waals surface area (Å²) < 4.78 is 15.1. The first-order chi connectivity index (χ1) is 8.50. The lowest BCUT2D eigenvalue weighted by Crippen LogP contribution is -2.13. The zero-order valence-electron chi connectivity index (χ0n) is 9.13. The third-order valence-electron chi connectivity index (χ3n) is 2.62. The summed E-state index contributed by atoms with van der Waals surface area (Å²) >= 11 is 12.5. The molecule has 0 radical (unpaired) electrons. The molecule has 0 aliphatic heterocycles. The van der Waals surface area contributed by atoms with Gasteiger partial charge in [-0.3, -0.25) is 0 Å². The van der Waals surface area contributed by atoms with Crippen LogP contribution in [0.25, 0.3) is 0 Å². The predicted octanol–water partition coefficient (Wildman–Crippen LogP) is 5.05. The first kappa shape index (κ1) is 14.0. The minimum Gasteiger partial charge on any atom is -0.320 e. The van der Waals surface area contributed by atoms with Crippen molar-refractivity contribution in [3.63, 3.8) is 0 Å². The van der Waals surface area contributed by atoms with Gasteiger partial charge in [-0.25, -0.2) is 4.39 Å². The van der Waals surface area contributed by atoms with Crippen molar-refractivity contribution in [2.24, 2.45) is 5.73 Å². The van der Waals surface area contributed by atoms with Crippen molar-refractivity contribution >= 4 is 43.5 Å². The van der Waals surface area contributed by atoms with E-state index in [1.165, 1.54) is 0 Å². The number of hydrogen-bond acceptors (Lipinski definition) is 1. The molecule has 0 saturated heterocycles. The largest absolute Gasteiger partial charge is 0.320 e. The van der Waals surface area contributed by atoms with Crippen LogP contribution < -0.4 is 5.73 Å². The molecule has 2 N–H and O–H groups in total. The van der Waals surface area contributed by atoms with Crippen molar-refractivity contribution in [1.29, 1.82) is 0 Å². The Bertz CT molecular complexity index is 589. The minimum atomic E-state index is -0.548. The van der Waals surface area contributed by atoms with Gasteiger partial charge >= 0.3 is 0 Å². The molecule has 1 unspecified atom stereocenters. The molecule has 18 heavy (non-hydrogen) atoms. The average molecular weight is 393 g/mol. The lowest BCUT2D eigenvalue weighted by Gasteiger charge is -2.14. The van der Waals surface area contributed by atoms with Crippen LogP contribution >= 0.6 is 43.5 Å². The van der Waals surface area contributed by atoms with E-state index >= 15 is 0 Å². The monoisotopic (exact) mass is 391 g/mol. The summed E-state index contributed by atoms with van der Waals surface area (Å²) in [5, 5.41) is 0.554. The van der Waals surface area contributed by atoms with Gasteiger partial charge in [0.1, 0.15) is 5.82 Å². The van der Waals surface area contributed by atoms with Gasteiger partial charge in [-0.2, -0.15) is 0 Å². The maximum absolute atomic E-state index is 13.9. The van der Waals surface area contributed by atoms with Crippen LogP contribution in [0.2, 0.25) is 5.02 Å². The van der Waals surface area contributed by atoms with Crippen LogP contribution in [0.15, 0.2) is 45.3 Å². The Balaban J connectivity index is 2.44. The third-order valence-corrected chi connectivity index (χ3v) is 4.46. The summed E-state index contributed by atoms with van der Waals surface area (Å²) in [5.41, 5.74) is 7.27. The van der Waals surface area contributed by atoms with Crippen LogP contribution in [-0.4, -0.2) is 0 Å². The summed E-state index contributed by atoms with van der Waals surface area (Å²) in [4.78, 5) is 0. The molecule has 0 aliphatic carbocycles. The summed E-state index contributed by atoms with van der Waals surface area (Å²) in [6.07, 6.45) is 0. The van der Waals surface area contributed by atoms with Gasteiger partial charge in [0.15, 0.2) is 0 Å². The van der Waals surface area contributed by atoms with Crippen molar-refractivity contribution in [2.75, 3.05) is 0 Å². The number of rotatable bonds is 2. The van der Waals surface area contributed by atoms with Crippen LogP contribution in [0.1, 0.15) is 17.2 Å². The van der Waals surface area contributed by atoms with Crippen molar-refractivity contribution in [3.8, 4) is 0 Å². The Morgan fingerprint density at radius 1 is 1.11 bits per heavy atom. The smallest absolute Gasteiger partial charge is 0.142 e. The Morgan fingerprint density at radius 2 is 1.83 bits per heavy atom. The highest BCUT2D eigenvalue weighted by atomic mass is 79.9. The molecule has 1 nitrogen and oxygen atoms in total. The van der Waals surface area contributed by atoms with Crippen LogP contribution in [0.4, 0.5) is 4.39 Å². The van der Waals surface area contributed by atoms with E-state index in [4.69, 9.17) is 17.3 Å². The normalized spacial score (nSPS) is 12.5. The maximum atomic E-state index is 13.9. The Hall–Kier alpha value is -0.420.